The molecule has 1 rings (SSSR count). The van der Waals surface area contributed by atoms with Crippen LogP contribution < -0.4 is 4.90 Å². The van der Waals surface area contributed by atoms with E-state index in [-0.39, 0.29) is 5.69 Å². The maximum Gasteiger partial charge on any atom is 0.149 e. The Bertz CT molecular complexity index is 287. The zero-order valence-electron chi connectivity index (χ0n) is 8.06. The molecule has 0 radical (unpaired) electrons. The van der Waals surface area contributed by atoms with E-state index in [1.807, 2.05) is 6.92 Å². The third kappa shape index (κ3) is 1.97. The van der Waals surface area contributed by atoms with E-state index in [1.54, 1.807) is 18.9 Å². The molecule has 0 saturated carbocycles. The van der Waals surface area contributed by atoms with Crippen molar-refractivity contribution in [1.29, 1.82) is 0 Å². The molecule has 1 aromatic rings. The second-order valence-corrected chi connectivity index (χ2v) is 3.09. The average Bonchev–Trinajstić information content (AvgIpc) is 2.02. The fraction of sp³-hybridized carbons (Fsp3) is 0.400. The number of aryl methyl sites for hydroxylation is 1. The highest BCUT2D eigenvalue weighted by Gasteiger charge is 2.12. The van der Waals surface area contributed by atoms with Crippen molar-refractivity contribution in [3.05, 3.63) is 29.3 Å². The van der Waals surface area contributed by atoms with Crippen molar-refractivity contribution in [1.82, 2.24) is 0 Å². The van der Waals surface area contributed by atoms with Gasteiger partial charge in [0.2, 0.25) is 0 Å². The quantitative estimate of drug-likeness (QED) is 0.684. The number of rotatable bonds is 2. The molecule has 0 spiro atoms. The molecule has 13 heavy (non-hydrogen) atoms. The fourth-order valence-electron chi connectivity index (χ4n) is 1.22. The van der Waals surface area contributed by atoms with Gasteiger partial charge in [0.1, 0.15) is 17.3 Å². The van der Waals surface area contributed by atoms with Crippen LogP contribution in [0, 0.1) is 18.6 Å². The number of nitrogens with zero attached hydrogens (tertiary/aromatic N) is 1. The van der Waals surface area contributed by atoms with Gasteiger partial charge in [0, 0.05) is 13.6 Å². The van der Waals surface area contributed by atoms with Crippen molar-refractivity contribution in [2.45, 2.75) is 13.8 Å². The highest BCUT2D eigenvalue weighted by molar-refractivity contribution is 5.49. The third-order valence-corrected chi connectivity index (χ3v) is 2.02. The number of benzene rings is 1. The molecular formula is C10H13F2N. The normalized spacial score (nSPS) is 10.2. The summed E-state index contributed by atoms with van der Waals surface area (Å²) in [6.07, 6.45) is 0. The molecule has 3 heteroatoms. The van der Waals surface area contributed by atoms with Gasteiger partial charge in [-0.3, -0.25) is 0 Å². The lowest BCUT2D eigenvalue weighted by molar-refractivity contribution is 0.576. The Balaban J connectivity index is 3.20. The lowest BCUT2D eigenvalue weighted by atomic mass is 10.2. The lowest BCUT2D eigenvalue weighted by Gasteiger charge is -2.18. The summed E-state index contributed by atoms with van der Waals surface area (Å²) in [6, 6.07) is 2.68. The van der Waals surface area contributed by atoms with Gasteiger partial charge in [-0.15, -0.1) is 0 Å². The van der Waals surface area contributed by atoms with Crippen LogP contribution >= 0.6 is 0 Å². The summed E-state index contributed by atoms with van der Waals surface area (Å²) in [5, 5.41) is 0. The molecule has 1 aromatic carbocycles. The largest absolute Gasteiger partial charge is 0.370 e. The molecule has 0 N–H and O–H groups in total. The van der Waals surface area contributed by atoms with Gasteiger partial charge in [-0.1, -0.05) is 0 Å². The molecule has 1 nitrogen and oxygen atoms in total. The number of halogens is 2. The summed E-state index contributed by atoms with van der Waals surface area (Å²) in [4.78, 5) is 1.55. The van der Waals surface area contributed by atoms with E-state index < -0.39 is 11.6 Å². The molecule has 0 bridgehead atoms. The molecule has 0 saturated heterocycles. The van der Waals surface area contributed by atoms with E-state index in [2.05, 4.69) is 0 Å². The van der Waals surface area contributed by atoms with Gasteiger partial charge in [0.25, 0.3) is 0 Å². The summed E-state index contributed by atoms with van der Waals surface area (Å²) in [5.74, 6) is -0.997. The van der Waals surface area contributed by atoms with Gasteiger partial charge in [-0.05, 0) is 31.5 Å². The number of hydrogen-bond donors (Lipinski definition) is 0. The first-order chi connectivity index (χ1) is 6.06. The Morgan fingerprint density at radius 1 is 1.23 bits per heavy atom. The Kier molecular flexibility index (Phi) is 2.86. The highest BCUT2D eigenvalue weighted by atomic mass is 19.1. The molecule has 0 heterocycles. The smallest absolute Gasteiger partial charge is 0.149 e. The first-order valence-electron chi connectivity index (χ1n) is 4.23. The molecule has 0 amide bonds. The van der Waals surface area contributed by atoms with Crippen LogP contribution in [0.4, 0.5) is 14.5 Å². The minimum Gasteiger partial charge on any atom is -0.370 e. The topological polar surface area (TPSA) is 3.24 Å². The zero-order valence-corrected chi connectivity index (χ0v) is 8.06. The second-order valence-electron chi connectivity index (χ2n) is 3.09. The summed E-state index contributed by atoms with van der Waals surface area (Å²) in [6.45, 7) is 4.09. The maximum absolute atomic E-state index is 13.3. The fourth-order valence-corrected chi connectivity index (χ4v) is 1.22. The van der Waals surface area contributed by atoms with Crippen molar-refractivity contribution >= 4 is 5.69 Å². The predicted molar refractivity (Wildman–Crippen MR) is 50.0 cm³/mol. The minimum absolute atomic E-state index is 0.0492. The van der Waals surface area contributed by atoms with E-state index in [9.17, 15) is 8.78 Å². The number of hydrogen-bond acceptors (Lipinski definition) is 1. The predicted octanol–water partition coefficient (Wildman–Crippen LogP) is 2.73. The summed E-state index contributed by atoms with van der Waals surface area (Å²) in [5.41, 5.74) is 0.649. The van der Waals surface area contributed by atoms with E-state index in [1.165, 1.54) is 12.1 Å². The molecule has 0 aliphatic heterocycles. The van der Waals surface area contributed by atoms with Crippen LogP contribution in [-0.2, 0) is 0 Å². The third-order valence-electron chi connectivity index (χ3n) is 2.02. The van der Waals surface area contributed by atoms with Gasteiger partial charge in [-0.25, -0.2) is 8.78 Å². The Morgan fingerprint density at radius 3 is 2.08 bits per heavy atom. The van der Waals surface area contributed by atoms with Crippen LogP contribution in [0.3, 0.4) is 0 Å². The molecule has 0 fully saturated rings. The van der Waals surface area contributed by atoms with Crippen molar-refractivity contribution in [3.63, 3.8) is 0 Å². The van der Waals surface area contributed by atoms with Gasteiger partial charge in [0.15, 0.2) is 0 Å². The summed E-state index contributed by atoms with van der Waals surface area (Å²) in [7, 11) is 1.66. The maximum atomic E-state index is 13.3. The first kappa shape index (κ1) is 9.96. The van der Waals surface area contributed by atoms with Crippen molar-refractivity contribution in [3.8, 4) is 0 Å². The molecular weight excluding hydrogens is 172 g/mol. The van der Waals surface area contributed by atoms with E-state index in [0.29, 0.717) is 12.1 Å². The van der Waals surface area contributed by atoms with Crippen molar-refractivity contribution in [2.75, 3.05) is 18.5 Å². The van der Waals surface area contributed by atoms with E-state index in [4.69, 9.17) is 0 Å². The summed E-state index contributed by atoms with van der Waals surface area (Å²) < 4.78 is 26.5. The SMILES string of the molecule is CCN(C)c1c(F)cc(C)cc1F. The second kappa shape index (κ2) is 3.73. The van der Waals surface area contributed by atoms with E-state index in [0.717, 1.165) is 0 Å². The highest BCUT2D eigenvalue weighted by Crippen LogP contribution is 2.23. The monoisotopic (exact) mass is 185 g/mol. The molecule has 0 atom stereocenters. The van der Waals surface area contributed by atoms with Gasteiger partial charge >= 0.3 is 0 Å². The molecule has 0 aromatic heterocycles. The average molecular weight is 185 g/mol. The van der Waals surface area contributed by atoms with Gasteiger partial charge < -0.3 is 4.90 Å². The Hall–Kier alpha value is -1.12. The zero-order chi connectivity index (χ0) is 10.0. The Labute approximate surface area is 77.0 Å². The standard InChI is InChI=1S/C10H13F2N/c1-4-13(3)10-8(11)5-7(2)6-9(10)12/h5-6H,4H2,1-3H3. The van der Waals surface area contributed by atoms with Gasteiger partial charge in [0.05, 0.1) is 0 Å². The van der Waals surface area contributed by atoms with Crippen LogP contribution in [0.1, 0.15) is 12.5 Å². The van der Waals surface area contributed by atoms with Crippen LogP contribution in [0.5, 0.6) is 0 Å². The van der Waals surface area contributed by atoms with Crippen LogP contribution in [-0.4, -0.2) is 13.6 Å². The number of anilines is 1. The van der Waals surface area contributed by atoms with Gasteiger partial charge in [-0.2, -0.15) is 0 Å². The molecule has 72 valence electrons. The summed E-state index contributed by atoms with van der Waals surface area (Å²) >= 11 is 0. The minimum atomic E-state index is -0.498. The first-order valence-corrected chi connectivity index (χ1v) is 4.23. The van der Waals surface area contributed by atoms with Crippen LogP contribution in [0.25, 0.3) is 0 Å². The van der Waals surface area contributed by atoms with Crippen LogP contribution in [0.15, 0.2) is 12.1 Å². The van der Waals surface area contributed by atoms with Crippen LogP contribution in [0.2, 0.25) is 0 Å². The molecule has 0 aliphatic rings. The molecule has 0 unspecified atom stereocenters. The van der Waals surface area contributed by atoms with Crippen molar-refractivity contribution < 1.29 is 8.78 Å². The van der Waals surface area contributed by atoms with E-state index >= 15 is 0 Å². The molecule has 0 aliphatic carbocycles. The Morgan fingerprint density at radius 2 is 1.69 bits per heavy atom. The lowest BCUT2D eigenvalue weighted by Crippen LogP contribution is -2.18. The van der Waals surface area contributed by atoms with Crippen molar-refractivity contribution in [2.24, 2.45) is 0 Å².